The monoisotopic (exact) mass is 249 g/mol. The molecule has 0 aliphatic carbocycles. The van der Waals surface area contributed by atoms with Crippen molar-refractivity contribution in [3.05, 3.63) is 24.0 Å². The molecule has 0 atom stereocenters. The number of hydrogen-bond donors (Lipinski definition) is 0. The summed E-state index contributed by atoms with van der Waals surface area (Å²) in [7, 11) is 2.06. The zero-order valence-electron chi connectivity index (χ0n) is 10.9. The summed E-state index contributed by atoms with van der Waals surface area (Å²) in [6.07, 6.45) is 3.51. The molecule has 5 heteroatoms. The van der Waals surface area contributed by atoms with Crippen LogP contribution in [0.15, 0.2) is 18.5 Å². The van der Waals surface area contributed by atoms with Crippen LogP contribution in [0.25, 0.3) is 0 Å². The maximum atomic E-state index is 12.1. The minimum absolute atomic E-state index is 0.0285. The van der Waals surface area contributed by atoms with Gasteiger partial charge in [-0.2, -0.15) is 0 Å². The number of amides is 1. The molecule has 1 aromatic heterocycles. The molecule has 1 aliphatic rings. The Balaban J connectivity index is 1.92. The predicted molar refractivity (Wildman–Crippen MR) is 68.5 cm³/mol. The number of ketones is 1. The lowest BCUT2D eigenvalue weighted by Crippen LogP contribution is -2.48. The third-order valence-electron chi connectivity index (χ3n) is 3.33. The van der Waals surface area contributed by atoms with Crippen LogP contribution in [0.4, 0.5) is 0 Å². The first-order chi connectivity index (χ1) is 8.56. The Kier molecular flexibility index (Phi) is 3.81. The highest BCUT2D eigenvalue weighted by Crippen LogP contribution is 2.05. The lowest BCUT2D eigenvalue weighted by molar-refractivity contribution is -0.133. The third-order valence-corrected chi connectivity index (χ3v) is 3.33. The summed E-state index contributed by atoms with van der Waals surface area (Å²) in [5, 5.41) is 0. The second-order valence-corrected chi connectivity index (χ2v) is 4.81. The fraction of sp³-hybridized carbons (Fsp3) is 0.538. The predicted octanol–water partition coefficient (Wildman–Crippen LogP) is 0.465. The topological polar surface area (TPSA) is 45.6 Å². The fourth-order valence-electron chi connectivity index (χ4n) is 2.06. The molecule has 1 fully saturated rings. The summed E-state index contributed by atoms with van der Waals surface area (Å²) in [6, 6.07) is 1.75. The molecule has 0 radical (unpaired) electrons. The first-order valence-electron chi connectivity index (χ1n) is 6.19. The SMILES string of the molecule is CC(=O)c1ccn(CC(=O)N2CCN(C)CC2)c1. The number of likely N-dealkylation sites (N-methyl/N-ethyl adjacent to an activating group) is 1. The summed E-state index contributed by atoms with van der Waals surface area (Å²) < 4.78 is 1.78. The molecule has 1 aromatic rings. The average Bonchev–Trinajstić information content (AvgIpc) is 2.78. The van der Waals surface area contributed by atoms with Crippen molar-refractivity contribution in [3.8, 4) is 0 Å². The molecule has 1 saturated heterocycles. The Morgan fingerprint density at radius 3 is 2.44 bits per heavy atom. The van der Waals surface area contributed by atoms with Crippen molar-refractivity contribution < 1.29 is 9.59 Å². The van der Waals surface area contributed by atoms with E-state index in [1.807, 2.05) is 4.90 Å². The molecule has 98 valence electrons. The number of piperazine rings is 1. The van der Waals surface area contributed by atoms with Crippen LogP contribution in [0.5, 0.6) is 0 Å². The minimum atomic E-state index is 0.0285. The number of carbonyl (C=O) groups is 2. The Hall–Kier alpha value is -1.62. The van der Waals surface area contributed by atoms with E-state index in [1.165, 1.54) is 6.92 Å². The van der Waals surface area contributed by atoms with Crippen LogP contribution >= 0.6 is 0 Å². The van der Waals surface area contributed by atoms with Gasteiger partial charge in [0, 0.05) is 44.1 Å². The molecule has 2 heterocycles. The van der Waals surface area contributed by atoms with Gasteiger partial charge < -0.3 is 14.4 Å². The molecule has 0 bridgehead atoms. The Bertz CT molecular complexity index is 445. The standard InChI is InChI=1S/C13H19N3O2/c1-11(17)12-3-4-15(9-12)10-13(18)16-7-5-14(2)6-8-16/h3-4,9H,5-8,10H2,1-2H3. The zero-order valence-corrected chi connectivity index (χ0v) is 10.9. The first kappa shape index (κ1) is 12.8. The number of Topliss-reactive ketones (excluding diaryl/α,β-unsaturated/α-hetero) is 1. The summed E-state index contributed by atoms with van der Waals surface area (Å²) in [6.45, 7) is 5.28. The van der Waals surface area contributed by atoms with Crippen molar-refractivity contribution in [2.45, 2.75) is 13.5 Å². The number of hydrogen-bond acceptors (Lipinski definition) is 3. The van der Waals surface area contributed by atoms with E-state index >= 15 is 0 Å². The molecule has 0 spiro atoms. The van der Waals surface area contributed by atoms with Gasteiger partial charge in [0.15, 0.2) is 5.78 Å². The molecule has 18 heavy (non-hydrogen) atoms. The lowest BCUT2D eigenvalue weighted by Gasteiger charge is -2.32. The van der Waals surface area contributed by atoms with E-state index in [0.29, 0.717) is 12.1 Å². The fourth-order valence-corrected chi connectivity index (χ4v) is 2.06. The molecule has 5 nitrogen and oxygen atoms in total. The maximum absolute atomic E-state index is 12.1. The lowest BCUT2D eigenvalue weighted by atomic mass is 10.2. The number of aromatic nitrogens is 1. The van der Waals surface area contributed by atoms with Crippen LogP contribution in [-0.4, -0.2) is 59.3 Å². The van der Waals surface area contributed by atoms with Gasteiger partial charge in [0.25, 0.3) is 0 Å². The van der Waals surface area contributed by atoms with Gasteiger partial charge in [-0.1, -0.05) is 0 Å². The van der Waals surface area contributed by atoms with E-state index in [-0.39, 0.29) is 11.7 Å². The van der Waals surface area contributed by atoms with Gasteiger partial charge in [-0.25, -0.2) is 0 Å². The van der Waals surface area contributed by atoms with Crippen molar-refractivity contribution in [2.75, 3.05) is 33.2 Å². The summed E-state index contributed by atoms with van der Waals surface area (Å²) >= 11 is 0. The first-order valence-corrected chi connectivity index (χ1v) is 6.19. The highest BCUT2D eigenvalue weighted by molar-refractivity contribution is 5.93. The van der Waals surface area contributed by atoms with Crippen LogP contribution in [0.2, 0.25) is 0 Å². The summed E-state index contributed by atoms with van der Waals surface area (Å²) in [5.41, 5.74) is 0.654. The van der Waals surface area contributed by atoms with Crippen LogP contribution in [0.1, 0.15) is 17.3 Å². The van der Waals surface area contributed by atoms with Crippen LogP contribution < -0.4 is 0 Å². The molecule has 2 rings (SSSR count). The minimum Gasteiger partial charge on any atom is -0.344 e. The van der Waals surface area contributed by atoms with Gasteiger partial charge in [0.1, 0.15) is 6.54 Å². The highest BCUT2D eigenvalue weighted by atomic mass is 16.2. The van der Waals surface area contributed by atoms with Crippen LogP contribution in [0.3, 0.4) is 0 Å². The van der Waals surface area contributed by atoms with Crippen LogP contribution in [-0.2, 0) is 11.3 Å². The number of carbonyl (C=O) groups excluding carboxylic acids is 2. The van der Waals surface area contributed by atoms with Crippen LogP contribution in [0, 0.1) is 0 Å². The van der Waals surface area contributed by atoms with E-state index in [4.69, 9.17) is 0 Å². The molecular formula is C13H19N3O2. The Morgan fingerprint density at radius 2 is 1.89 bits per heavy atom. The van der Waals surface area contributed by atoms with Gasteiger partial charge in [-0.05, 0) is 20.0 Å². The van der Waals surface area contributed by atoms with Crippen molar-refractivity contribution in [1.82, 2.24) is 14.4 Å². The molecular weight excluding hydrogens is 230 g/mol. The summed E-state index contributed by atoms with van der Waals surface area (Å²) in [5.74, 6) is 0.148. The smallest absolute Gasteiger partial charge is 0.242 e. The van der Waals surface area contributed by atoms with Crippen molar-refractivity contribution in [1.29, 1.82) is 0 Å². The third kappa shape index (κ3) is 2.98. The molecule has 0 unspecified atom stereocenters. The van der Waals surface area contributed by atoms with E-state index in [9.17, 15) is 9.59 Å². The quantitative estimate of drug-likeness (QED) is 0.731. The number of rotatable bonds is 3. The van der Waals surface area contributed by atoms with E-state index < -0.39 is 0 Å². The molecule has 0 N–H and O–H groups in total. The van der Waals surface area contributed by atoms with E-state index in [1.54, 1.807) is 23.0 Å². The van der Waals surface area contributed by atoms with Gasteiger partial charge in [-0.3, -0.25) is 9.59 Å². The Labute approximate surface area is 107 Å². The molecule has 0 saturated carbocycles. The zero-order chi connectivity index (χ0) is 13.1. The Morgan fingerprint density at radius 1 is 1.22 bits per heavy atom. The molecule has 1 amide bonds. The second kappa shape index (κ2) is 5.35. The molecule has 1 aliphatic heterocycles. The van der Waals surface area contributed by atoms with Crippen molar-refractivity contribution in [2.24, 2.45) is 0 Å². The van der Waals surface area contributed by atoms with E-state index in [2.05, 4.69) is 11.9 Å². The van der Waals surface area contributed by atoms with Crippen molar-refractivity contribution in [3.63, 3.8) is 0 Å². The van der Waals surface area contributed by atoms with E-state index in [0.717, 1.165) is 26.2 Å². The summed E-state index contributed by atoms with van der Waals surface area (Å²) in [4.78, 5) is 27.3. The normalized spacial score (nSPS) is 16.9. The maximum Gasteiger partial charge on any atom is 0.242 e. The van der Waals surface area contributed by atoms with Gasteiger partial charge >= 0.3 is 0 Å². The average molecular weight is 249 g/mol. The molecule has 0 aromatic carbocycles. The second-order valence-electron chi connectivity index (χ2n) is 4.81. The van der Waals surface area contributed by atoms with Gasteiger partial charge in [0.2, 0.25) is 5.91 Å². The van der Waals surface area contributed by atoms with Crippen molar-refractivity contribution >= 4 is 11.7 Å². The number of nitrogens with zero attached hydrogens (tertiary/aromatic N) is 3. The van der Waals surface area contributed by atoms with Gasteiger partial charge in [-0.15, -0.1) is 0 Å². The highest BCUT2D eigenvalue weighted by Gasteiger charge is 2.19. The largest absolute Gasteiger partial charge is 0.344 e. The van der Waals surface area contributed by atoms with Gasteiger partial charge in [0.05, 0.1) is 0 Å².